The van der Waals surface area contributed by atoms with E-state index in [0.29, 0.717) is 19.3 Å². The van der Waals surface area contributed by atoms with Crippen LogP contribution in [0.4, 0.5) is 0 Å². The van der Waals surface area contributed by atoms with Crippen LogP contribution in [0.1, 0.15) is 50.3 Å². The lowest BCUT2D eigenvalue weighted by Gasteiger charge is -2.14. The zero-order valence-corrected chi connectivity index (χ0v) is 22.6. The predicted molar refractivity (Wildman–Crippen MR) is 147 cm³/mol. The van der Waals surface area contributed by atoms with Gasteiger partial charge in [0.05, 0.1) is 25.9 Å². The van der Waals surface area contributed by atoms with Crippen molar-refractivity contribution in [3.05, 3.63) is 95.1 Å². The topological polar surface area (TPSA) is 49.5 Å². The van der Waals surface area contributed by atoms with E-state index in [4.69, 9.17) is 23.7 Å². The quantitative estimate of drug-likeness (QED) is 0.181. The van der Waals surface area contributed by atoms with Gasteiger partial charge in [-0.15, -0.1) is 0 Å². The lowest BCUT2D eigenvalue weighted by Crippen LogP contribution is -2.03. The van der Waals surface area contributed by atoms with E-state index >= 15 is 0 Å². The minimum Gasteiger partial charge on any atom is -0.497 e. The molecule has 1 heterocycles. The Morgan fingerprint density at radius 2 is 1.35 bits per heavy atom. The fourth-order valence-corrected chi connectivity index (χ4v) is 4.18. The molecular formula is C32H38O5. The average molecular weight is 503 g/mol. The number of methoxy groups -OCH3 is 2. The van der Waals surface area contributed by atoms with Crippen molar-refractivity contribution < 1.29 is 23.7 Å². The van der Waals surface area contributed by atoms with Crippen molar-refractivity contribution in [1.82, 2.24) is 0 Å². The first-order valence-corrected chi connectivity index (χ1v) is 12.8. The maximum Gasteiger partial charge on any atom is 0.127 e. The van der Waals surface area contributed by atoms with Crippen LogP contribution in [0.25, 0.3) is 0 Å². The molecule has 0 radical (unpaired) electrons. The first-order valence-electron chi connectivity index (χ1n) is 12.8. The molecule has 1 saturated heterocycles. The Bertz CT molecular complexity index is 1180. The fraction of sp³-hybridized carbons (Fsp3) is 0.375. The van der Waals surface area contributed by atoms with E-state index in [1.807, 2.05) is 60.7 Å². The molecule has 4 rings (SSSR count). The van der Waals surface area contributed by atoms with E-state index in [1.165, 1.54) is 5.57 Å². The highest BCUT2D eigenvalue weighted by Gasteiger charge is 2.46. The summed E-state index contributed by atoms with van der Waals surface area (Å²) in [7, 11) is 3.34. The van der Waals surface area contributed by atoms with Crippen molar-refractivity contribution in [3.63, 3.8) is 0 Å². The molecule has 1 aliphatic rings. The van der Waals surface area contributed by atoms with Gasteiger partial charge in [-0.1, -0.05) is 42.0 Å². The molecule has 5 nitrogen and oxygen atoms in total. The Hall–Kier alpha value is -3.44. The van der Waals surface area contributed by atoms with Crippen LogP contribution in [0.2, 0.25) is 0 Å². The van der Waals surface area contributed by atoms with Crippen molar-refractivity contribution >= 4 is 0 Å². The zero-order valence-electron chi connectivity index (χ0n) is 22.6. The van der Waals surface area contributed by atoms with Crippen LogP contribution in [0, 0.1) is 0 Å². The minimum absolute atomic E-state index is 0.0460. The number of hydrogen-bond acceptors (Lipinski definition) is 5. The van der Waals surface area contributed by atoms with E-state index in [0.717, 1.165) is 59.0 Å². The molecule has 0 saturated carbocycles. The van der Waals surface area contributed by atoms with Gasteiger partial charge in [0, 0.05) is 6.07 Å². The Balaban J connectivity index is 1.43. The zero-order chi connectivity index (χ0) is 26.3. The molecule has 3 aromatic rings. The van der Waals surface area contributed by atoms with Crippen molar-refractivity contribution in [2.75, 3.05) is 14.2 Å². The Morgan fingerprint density at radius 3 is 1.89 bits per heavy atom. The molecule has 196 valence electrons. The summed E-state index contributed by atoms with van der Waals surface area (Å²) in [6.07, 6.45) is 5.58. The summed E-state index contributed by atoms with van der Waals surface area (Å²) in [5, 5.41) is 0. The summed E-state index contributed by atoms with van der Waals surface area (Å²) in [5.74, 6) is 3.27. The third-order valence-electron chi connectivity index (χ3n) is 6.79. The SMILES string of the molecule is COc1ccc(COc2ccc(C/C=C(\C)CC[C@H]3OC3(C)C)c(OCc3ccc(OC)cc3)c2)cc1. The first-order chi connectivity index (χ1) is 17.9. The molecule has 3 aromatic carbocycles. The van der Waals surface area contributed by atoms with Gasteiger partial charge in [0.25, 0.3) is 0 Å². The second kappa shape index (κ2) is 12.2. The van der Waals surface area contributed by atoms with Crippen LogP contribution in [-0.4, -0.2) is 25.9 Å². The number of benzene rings is 3. The highest BCUT2D eigenvalue weighted by atomic mass is 16.6. The van der Waals surface area contributed by atoms with Gasteiger partial charge in [-0.25, -0.2) is 0 Å². The van der Waals surface area contributed by atoms with Gasteiger partial charge in [-0.2, -0.15) is 0 Å². The Labute approximate surface area is 221 Å². The second-order valence-corrected chi connectivity index (χ2v) is 10.0. The van der Waals surface area contributed by atoms with E-state index in [2.05, 4.69) is 32.9 Å². The predicted octanol–water partition coefficient (Wildman–Crippen LogP) is 7.31. The molecule has 37 heavy (non-hydrogen) atoms. The largest absolute Gasteiger partial charge is 0.497 e. The van der Waals surface area contributed by atoms with Crippen molar-refractivity contribution in [2.45, 2.75) is 65.0 Å². The molecule has 0 amide bonds. The van der Waals surface area contributed by atoms with Crippen molar-refractivity contribution in [2.24, 2.45) is 0 Å². The van der Waals surface area contributed by atoms with Crippen LogP contribution in [0.15, 0.2) is 78.4 Å². The number of rotatable bonds is 13. The smallest absolute Gasteiger partial charge is 0.127 e. The maximum atomic E-state index is 6.30. The normalized spacial score (nSPS) is 16.2. The highest BCUT2D eigenvalue weighted by Crippen LogP contribution is 2.39. The standard InChI is InChI=1S/C32H38O5/c1-23(7-19-31-32(2,3)37-31)6-12-26-13-18-29(35-21-24-8-14-27(33-4)15-9-24)20-30(26)36-22-25-10-16-28(34-5)17-11-25/h6,8-11,13-18,20,31H,7,12,19,21-22H2,1-5H3/b23-6+/t31-/m1/s1. The van der Waals surface area contributed by atoms with Gasteiger partial charge in [-0.3, -0.25) is 0 Å². The van der Waals surface area contributed by atoms with Crippen LogP contribution in [0.5, 0.6) is 23.0 Å². The number of ether oxygens (including phenoxy) is 5. The summed E-state index contributed by atoms with van der Waals surface area (Å²) >= 11 is 0. The number of epoxide rings is 1. The lowest BCUT2D eigenvalue weighted by atomic mass is 10.0. The highest BCUT2D eigenvalue weighted by molar-refractivity contribution is 5.42. The monoisotopic (exact) mass is 502 g/mol. The third kappa shape index (κ3) is 7.77. The summed E-state index contributed by atoms with van der Waals surface area (Å²) in [5.41, 5.74) is 4.70. The van der Waals surface area contributed by atoms with Gasteiger partial charge in [-0.05, 0) is 87.1 Å². The fourth-order valence-electron chi connectivity index (χ4n) is 4.18. The van der Waals surface area contributed by atoms with E-state index in [-0.39, 0.29) is 5.60 Å². The summed E-state index contributed by atoms with van der Waals surface area (Å²) in [6.45, 7) is 7.44. The number of allylic oxidation sites excluding steroid dienone is 2. The maximum absolute atomic E-state index is 6.30. The summed E-state index contributed by atoms with van der Waals surface area (Å²) in [6, 6.07) is 22.0. The Kier molecular flexibility index (Phi) is 8.78. The summed E-state index contributed by atoms with van der Waals surface area (Å²) < 4.78 is 28.6. The summed E-state index contributed by atoms with van der Waals surface area (Å²) in [4.78, 5) is 0. The van der Waals surface area contributed by atoms with E-state index < -0.39 is 0 Å². The van der Waals surface area contributed by atoms with Crippen LogP contribution >= 0.6 is 0 Å². The Morgan fingerprint density at radius 1 is 0.811 bits per heavy atom. The second-order valence-electron chi connectivity index (χ2n) is 10.0. The molecule has 0 aliphatic carbocycles. The van der Waals surface area contributed by atoms with Gasteiger partial charge < -0.3 is 23.7 Å². The van der Waals surface area contributed by atoms with Crippen LogP contribution in [0.3, 0.4) is 0 Å². The van der Waals surface area contributed by atoms with Gasteiger partial charge in [0.1, 0.15) is 36.2 Å². The van der Waals surface area contributed by atoms with Crippen molar-refractivity contribution in [3.8, 4) is 23.0 Å². The molecule has 5 heteroatoms. The van der Waals surface area contributed by atoms with Gasteiger partial charge >= 0.3 is 0 Å². The van der Waals surface area contributed by atoms with Gasteiger partial charge in [0.15, 0.2) is 0 Å². The van der Waals surface area contributed by atoms with E-state index in [1.54, 1.807) is 14.2 Å². The average Bonchev–Trinajstić information content (AvgIpc) is 3.55. The minimum atomic E-state index is 0.0460. The molecular weight excluding hydrogens is 464 g/mol. The molecule has 1 atom stereocenters. The first kappa shape index (κ1) is 26.6. The van der Waals surface area contributed by atoms with E-state index in [9.17, 15) is 0 Å². The third-order valence-corrected chi connectivity index (χ3v) is 6.79. The number of hydrogen-bond donors (Lipinski definition) is 0. The lowest BCUT2D eigenvalue weighted by molar-refractivity contribution is 0.288. The molecule has 0 unspecified atom stereocenters. The molecule has 0 N–H and O–H groups in total. The molecule has 1 aliphatic heterocycles. The molecule has 0 aromatic heterocycles. The van der Waals surface area contributed by atoms with Gasteiger partial charge in [0.2, 0.25) is 0 Å². The molecule has 1 fully saturated rings. The van der Waals surface area contributed by atoms with Crippen molar-refractivity contribution in [1.29, 1.82) is 0 Å². The van der Waals surface area contributed by atoms with Crippen LogP contribution in [-0.2, 0) is 24.4 Å². The van der Waals surface area contributed by atoms with Crippen LogP contribution < -0.4 is 18.9 Å². The molecule has 0 spiro atoms. The molecule has 0 bridgehead atoms.